The molecule has 0 spiro atoms. The van der Waals surface area contributed by atoms with E-state index in [2.05, 4.69) is 22.1 Å². The number of nitrogens with two attached hydrogens (primary N) is 1. The molecule has 1 aromatic heterocycles. The smallest absolute Gasteiger partial charge is 0.267 e. The van der Waals surface area contributed by atoms with Crippen LogP contribution in [0.3, 0.4) is 0 Å². The van der Waals surface area contributed by atoms with Crippen LogP contribution >= 0.6 is 22.9 Å². The second-order valence-electron chi connectivity index (χ2n) is 3.52. The predicted octanol–water partition coefficient (Wildman–Crippen LogP) is 2.36. The number of carbonyl (C=O) groups is 1. The molecule has 1 heterocycles. The van der Waals surface area contributed by atoms with E-state index in [0.29, 0.717) is 15.6 Å². The van der Waals surface area contributed by atoms with Gasteiger partial charge in [-0.15, -0.1) is 11.3 Å². The number of carbonyl (C=O) groups excluding carboxylic acids is 1. The maximum Gasteiger partial charge on any atom is 0.267 e. The van der Waals surface area contributed by atoms with Crippen molar-refractivity contribution < 1.29 is 4.79 Å². The van der Waals surface area contributed by atoms with Gasteiger partial charge in [-0.3, -0.25) is 9.78 Å². The maximum atomic E-state index is 11.9. The molecule has 0 radical (unpaired) electrons. The van der Waals surface area contributed by atoms with Crippen molar-refractivity contribution >= 4 is 34.5 Å². The number of rotatable bonds is 2. The summed E-state index contributed by atoms with van der Waals surface area (Å²) in [5, 5.41) is 3.18. The molecule has 0 aliphatic carbocycles. The molecule has 2 aromatic rings. The average molecular weight is 292 g/mol. The van der Waals surface area contributed by atoms with E-state index in [1.165, 1.54) is 17.5 Å². The van der Waals surface area contributed by atoms with Crippen molar-refractivity contribution in [2.24, 2.45) is 5.73 Å². The number of halogens is 1. The third-order valence-corrected chi connectivity index (χ3v) is 3.31. The Labute approximate surface area is 119 Å². The molecule has 0 fully saturated rings. The number of aromatic nitrogens is 1. The summed E-state index contributed by atoms with van der Waals surface area (Å²) in [5.41, 5.74) is 8.17. The van der Waals surface area contributed by atoms with Gasteiger partial charge in [0.1, 0.15) is 4.88 Å². The fourth-order valence-electron chi connectivity index (χ4n) is 1.36. The molecule has 0 saturated heterocycles. The summed E-state index contributed by atoms with van der Waals surface area (Å²) in [7, 11) is 0. The summed E-state index contributed by atoms with van der Waals surface area (Å²) in [5.74, 6) is 5.39. The van der Waals surface area contributed by atoms with Crippen LogP contribution in [-0.2, 0) is 0 Å². The summed E-state index contributed by atoms with van der Waals surface area (Å²) in [6.45, 7) is 0.283. The van der Waals surface area contributed by atoms with E-state index < -0.39 is 0 Å². The molecule has 6 heteroatoms. The van der Waals surface area contributed by atoms with Crippen molar-refractivity contribution in [3.63, 3.8) is 0 Å². The van der Waals surface area contributed by atoms with Gasteiger partial charge in [0.05, 0.1) is 29.0 Å². The van der Waals surface area contributed by atoms with Crippen LogP contribution in [0.5, 0.6) is 0 Å². The Morgan fingerprint density at radius 2 is 2.37 bits per heavy atom. The summed E-state index contributed by atoms with van der Waals surface area (Å²) in [6, 6.07) is 5.17. The quantitative estimate of drug-likeness (QED) is 0.835. The van der Waals surface area contributed by atoms with Gasteiger partial charge in [0, 0.05) is 5.56 Å². The second kappa shape index (κ2) is 6.34. The van der Waals surface area contributed by atoms with E-state index in [1.807, 2.05) is 0 Å². The molecule has 0 bridgehead atoms. The highest BCUT2D eigenvalue weighted by Crippen LogP contribution is 2.23. The van der Waals surface area contributed by atoms with Crippen LogP contribution in [-0.4, -0.2) is 17.4 Å². The SMILES string of the molecule is NCC#Cc1ccc(Cl)c(NC(=O)c2cncs2)c1. The first-order valence-corrected chi connectivity index (χ1v) is 6.65. The molecule has 0 saturated carbocycles. The third kappa shape index (κ3) is 3.55. The molecule has 0 aliphatic heterocycles. The van der Waals surface area contributed by atoms with Gasteiger partial charge in [0.25, 0.3) is 5.91 Å². The predicted molar refractivity (Wildman–Crippen MR) is 77.5 cm³/mol. The van der Waals surface area contributed by atoms with Crippen LogP contribution in [0.15, 0.2) is 29.9 Å². The Morgan fingerprint density at radius 3 is 3.05 bits per heavy atom. The average Bonchev–Trinajstić information content (AvgIpc) is 2.93. The highest BCUT2D eigenvalue weighted by Gasteiger charge is 2.10. The van der Waals surface area contributed by atoms with Gasteiger partial charge in [-0.1, -0.05) is 23.4 Å². The van der Waals surface area contributed by atoms with Crippen molar-refractivity contribution in [2.75, 3.05) is 11.9 Å². The molecule has 1 aromatic carbocycles. The molecule has 2 rings (SSSR count). The van der Waals surface area contributed by atoms with Gasteiger partial charge in [-0.25, -0.2) is 0 Å². The Morgan fingerprint density at radius 1 is 1.53 bits per heavy atom. The number of anilines is 1. The summed E-state index contributed by atoms with van der Waals surface area (Å²) >= 11 is 7.30. The molecule has 0 unspecified atom stereocenters. The molecular weight excluding hydrogens is 282 g/mol. The maximum absolute atomic E-state index is 11.9. The Bertz CT molecular complexity index is 644. The van der Waals surface area contributed by atoms with Gasteiger partial charge < -0.3 is 11.1 Å². The van der Waals surface area contributed by atoms with Crippen molar-refractivity contribution in [2.45, 2.75) is 0 Å². The lowest BCUT2D eigenvalue weighted by molar-refractivity contribution is 0.103. The molecule has 1 amide bonds. The summed E-state index contributed by atoms with van der Waals surface area (Å²) < 4.78 is 0. The minimum Gasteiger partial charge on any atom is -0.320 e. The normalized spacial score (nSPS) is 9.58. The standard InChI is InChI=1S/C13H10ClN3OS/c14-10-4-3-9(2-1-5-15)6-11(10)17-13(18)12-7-16-8-19-12/h3-4,6-8H,5,15H2,(H,17,18). The minimum absolute atomic E-state index is 0.242. The first-order chi connectivity index (χ1) is 9.20. The minimum atomic E-state index is -0.242. The second-order valence-corrected chi connectivity index (χ2v) is 4.81. The fraction of sp³-hybridized carbons (Fsp3) is 0.0769. The van der Waals surface area contributed by atoms with Crippen molar-refractivity contribution in [1.29, 1.82) is 0 Å². The van der Waals surface area contributed by atoms with Gasteiger partial charge in [0.15, 0.2) is 0 Å². The summed E-state index contributed by atoms with van der Waals surface area (Å²) in [6.07, 6.45) is 1.51. The van der Waals surface area contributed by atoms with Crippen molar-refractivity contribution in [3.05, 3.63) is 45.4 Å². The van der Waals surface area contributed by atoms with E-state index in [1.54, 1.807) is 23.7 Å². The van der Waals surface area contributed by atoms with Gasteiger partial charge >= 0.3 is 0 Å². The Hall–Kier alpha value is -1.87. The molecule has 4 nitrogen and oxygen atoms in total. The number of thiazole rings is 1. The van der Waals surface area contributed by atoms with E-state index in [-0.39, 0.29) is 12.5 Å². The Kier molecular flexibility index (Phi) is 4.53. The van der Waals surface area contributed by atoms with E-state index >= 15 is 0 Å². The molecule has 96 valence electrons. The summed E-state index contributed by atoms with van der Waals surface area (Å²) in [4.78, 5) is 16.3. The van der Waals surface area contributed by atoms with Gasteiger partial charge in [0.2, 0.25) is 0 Å². The topological polar surface area (TPSA) is 68.0 Å². The Balaban J connectivity index is 2.22. The zero-order valence-electron chi connectivity index (χ0n) is 9.81. The van der Waals surface area contributed by atoms with Gasteiger partial charge in [-0.05, 0) is 18.2 Å². The van der Waals surface area contributed by atoms with Crippen LogP contribution in [0.1, 0.15) is 15.2 Å². The first kappa shape index (κ1) is 13.6. The van der Waals surface area contributed by atoms with E-state index in [0.717, 1.165) is 5.56 Å². The van der Waals surface area contributed by atoms with E-state index in [9.17, 15) is 4.79 Å². The number of amides is 1. The van der Waals surface area contributed by atoms with Crippen LogP contribution in [0, 0.1) is 11.8 Å². The van der Waals surface area contributed by atoms with Crippen LogP contribution in [0.2, 0.25) is 5.02 Å². The lowest BCUT2D eigenvalue weighted by Crippen LogP contribution is -2.10. The monoisotopic (exact) mass is 291 g/mol. The van der Waals surface area contributed by atoms with E-state index in [4.69, 9.17) is 17.3 Å². The van der Waals surface area contributed by atoms with Crippen LogP contribution < -0.4 is 11.1 Å². The lowest BCUT2D eigenvalue weighted by atomic mass is 10.2. The highest BCUT2D eigenvalue weighted by molar-refractivity contribution is 7.11. The third-order valence-electron chi connectivity index (χ3n) is 2.21. The number of nitrogens with one attached hydrogen (secondary N) is 1. The number of hydrogen-bond acceptors (Lipinski definition) is 4. The molecular formula is C13H10ClN3OS. The van der Waals surface area contributed by atoms with Crippen molar-refractivity contribution in [3.8, 4) is 11.8 Å². The van der Waals surface area contributed by atoms with Gasteiger partial charge in [-0.2, -0.15) is 0 Å². The highest BCUT2D eigenvalue weighted by atomic mass is 35.5. The molecule has 19 heavy (non-hydrogen) atoms. The molecule has 0 atom stereocenters. The number of hydrogen-bond donors (Lipinski definition) is 2. The fourth-order valence-corrected chi connectivity index (χ4v) is 2.04. The number of benzene rings is 1. The zero-order valence-corrected chi connectivity index (χ0v) is 11.4. The molecule has 0 aliphatic rings. The largest absolute Gasteiger partial charge is 0.320 e. The number of nitrogens with zero attached hydrogens (tertiary/aromatic N) is 1. The first-order valence-electron chi connectivity index (χ1n) is 5.39. The van der Waals surface area contributed by atoms with Crippen LogP contribution in [0.25, 0.3) is 0 Å². The zero-order chi connectivity index (χ0) is 13.7. The lowest BCUT2D eigenvalue weighted by Gasteiger charge is -2.06. The van der Waals surface area contributed by atoms with Crippen molar-refractivity contribution in [1.82, 2.24) is 4.98 Å². The molecule has 3 N–H and O–H groups in total. The van der Waals surface area contributed by atoms with Crippen LogP contribution in [0.4, 0.5) is 5.69 Å².